The Morgan fingerprint density at radius 1 is 0.912 bits per heavy atom. The molecule has 0 bridgehead atoms. The third kappa shape index (κ3) is 5.85. The Morgan fingerprint density at radius 3 is 2.03 bits per heavy atom. The van der Waals surface area contributed by atoms with Gasteiger partial charge >= 0.3 is 0 Å². The number of rotatable bonds is 7. The first kappa shape index (κ1) is 23.6. The number of piperazine rings is 1. The van der Waals surface area contributed by atoms with E-state index < -0.39 is 5.91 Å². The van der Waals surface area contributed by atoms with Crippen molar-refractivity contribution in [2.45, 2.75) is 12.6 Å². The summed E-state index contributed by atoms with van der Waals surface area (Å²) in [4.78, 5) is 17.1. The molecule has 1 fully saturated rings. The summed E-state index contributed by atoms with van der Waals surface area (Å²) in [6, 6.07) is 30.6. The lowest BCUT2D eigenvalue weighted by Crippen LogP contribution is -2.46. The van der Waals surface area contributed by atoms with Crippen LogP contribution in [0.5, 0.6) is 0 Å². The maximum absolute atomic E-state index is 12.6. The predicted octanol–water partition coefficient (Wildman–Crippen LogP) is 4.77. The van der Waals surface area contributed by atoms with Crippen LogP contribution in [0.1, 0.15) is 22.7 Å². The van der Waals surface area contributed by atoms with Crippen molar-refractivity contribution in [1.29, 1.82) is 5.26 Å². The van der Waals surface area contributed by atoms with Gasteiger partial charge in [0, 0.05) is 43.9 Å². The zero-order valence-electron chi connectivity index (χ0n) is 18.9. The second-order valence-electron chi connectivity index (χ2n) is 8.22. The first-order valence-corrected chi connectivity index (χ1v) is 11.7. The number of carbonyl (C=O) groups excluding carboxylic acids is 1. The highest BCUT2D eigenvalue weighted by atomic mass is 35.5. The molecular weight excluding hydrogens is 444 g/mol. The molecule has 0 atom stereocenters. The van der Waals surface area contributed by atoms with Gasteiger partial charge in [0.25, 0.3) is 5.91 Å². The largest absolute Gasteiger partial charge is 0.374 e. The highest BCUT2D eigenvalue weighted by molar-refractivity contribution is 6.31. The van der Waals surface area contributed by atoms with E-state index in [4.69, 9.17) is 11.6 Å². The van der Waals surface area contributed by atoms with Crippen molar-refractivity contribution < 1.29 is 4.79 Å². The monoisotopic (exact) mass is 470 g/mol. The number of hydrogen-bond acceptors (Lipinski definition) is 4. The van der Waals surface area contributed by atoms with Crippen LogP contribution in [0.15, 0.2) is 96.7 Å². The van der Waals surface area contributed by atoms with Crippen molar-refractivity contribution in [3.8, 4) is 6.07 Å². The van der Waals surface area contributed by atoms with Gasteiger partial charge in [-0.15, -0.1) is 0 Å². The Hall–Kier alpha value is -3.59. The van der Waals surface area contributed by atoms with E-state index in [-0.39, 0.29) is 18.2 Å². The molecule has 0 spiro atoms. The first-order chi connectivity index (χ1) is 16.7. The Balaban J connectivity index is 1.41. The predicted molar refractivity (Wildman–Crippen MR) is 135 cm³/mol. The van der Waals surface area contributed by atoms with Gasteiger partial charge < -0.3 is 10.2 Å². The molecule has 4 rings (SSSR count). The van der Waals surface area contributed by atoms with E-state index in [0.717, 1.165) is 31.7 Å². The molecule has 0 radical (unpaired) electrons. The average molecular weight is 471 g/mol. The van der Waals surface area contributed by atoms with Gasteiger partial charge in [-0.3, -0.25) is 9.69 Å². The smallest absolute Gasteiger partial charge is 0.263 e. The molecule has 6 heteroatoms. The van der Waals surface area contributed by atoms with Crippen LogP contribution in [0.4, 0.5) is 0 Å². The number of nitriles is 1. The van der Waals surface area contributed by atoms with E-state index in [9.17, 15) is 10.1 Å². The number of nitrogens with zero attached hydrogens (tertiary/aromatic N) is 3. The molecule has 0 aliphatic carbocycles. The third-order valence-corrected chi connectivity index (χ3v) is 6.39. The van der Waals surface area contributed by atoms with Gasteiger partial charge in [-0.25, -0.2) is 0 Å². The molecule has 1 aliphatic rings. The van der Waals surface area contributed by atoms with E-state index in [0.29, 0.717) is 5.02 Å². The zero-order valence-corrected chi connectivity index (χ0v) is 19.7. The number of nitrogens with one attached hydrogen (secondary N) is 1. The van der Waals surface area contributed by atoms with Crippen LogP contribution >= 0.6 is 11.6 Å². The van der Waals surface area contributed by atoms with Gasteiger partial charge in [0.1, 0.15) is 11.6 Å². The molecule has 0 unspecified atom stereocenters. The number of amides is 1. The van der Waals surface area contributed by atoms with Crippen molar-refractivity contribution in [1.82, 2.24) is 15.1 Å². The number of halogens is 1. The molecular formula is C28H27ClN4O. The maximum atomic E-state index is 12.6. The molecule has 3 aromatic rings. The van der Waals surface area contributed by atoms with E-state index >= 15 is 0 Å². The van der Waals surface area contributed by atoms with Crippen molar-refractivity contribution >= 4 is 17.5 Å². The van der Waals surface area contributed by atoms with Crippen molar-refractivity contribution in [3.63, 3.8) is 0 Å². The summed E-state index contributed by atoms with van der Waals surface area (Å²) in [5.74, 6) is -0.392. The standard InChI is InChI=1S/C28H27ClN4O/c29-26-14-8-7-13-24(26)20-31-28(34)25(19-30)21-32-15-17-33(18-16-32)27(22-9-3-1-4-10-22)23-11-5-2-6-12-23/h1-14,21,27H,15-18,20H2,(H,31,34)/b25-21-. The molecule has 34 heavy (non-hydrogen) atoms. The minimum absolute atomic E-state index is 0.100. The van der Waals surface area contributed by atoms with E-state index in [1.54, 1.807) is 12.3 Å². The van der Waals surface area contributed by atoms with Crippen LogP contribution in [0.25, 0.3) is 0 Å². The molecule has 1 aliphatic heterocycles. The Labute approximate surface area is 205 Å². The summed E-state index contributed by atoms with van der Waals surface area (Å²) in [6.45, 7) is 3.40. The molecule has 1 heterocycles. The number of carbonyl (C=O) groups is 1. The van der Waals surface area contributed by atoms with Gasteiger partial charge in [-0.1, -0.05) is 90.5 Å². The molecule has 1 saturated heterocycles. The summed E-state index contributed by atoms with van der Waals surface area (Å²) in [6.07, 6.45) is 1.68. The van der Waals surface area contributed by atoms with Crippen LogP contribution in [0.3, 0.4) is 0 Å². The van der Waals surface area contributed by atoms with Crippen LogP contribution in [-0.4, -0.2) is 41.9 Å². The number of hydrogen-bond donors (Lipinski definition) is 1. The topological polar surface area (TPSA) is 59.4 Å². The second kappa shape index (κ2) is 11.5. The maximum Gasteiger partial charge on any atom is 0.263 e. The van der Waals surface area contributed by atoms with Crippen molar-refractivity contribution in [3.05, 3.63) is 118 Å². The zero-order chi connectivity index (χ0) is 23.8. The van der Waals surface area contributed by atoms with E-state index in [2.05, 4.69) is 63.6 Å². The van der Waals surface area contributed by atoms with Crippen LogP contribution in [-0.2, 0) is 11.3 Å². The summed E-state index contributed by atoms with van der Waals surface area (Å²) in [5.41, 5.74) is 3.43. The Kier molecular flexibility index (Phi) is 7.98. The van der Waals surface area contributed by atoms with Crippen molar-refractivity contribution in [2.24, 2.45) is 0 Å². The summed E-state index contributed by atoms with van der Waals surface area (Å²) >= 11 is 6.16. The van der Waals surface area contributed by atoms with Crippen LogP contribution in [0, 0.1) is 11.3 Å². The summed E-state index contributed by atoms with van der Waals surface area (Å²) < 4.78 is 0. The van der Waals surface area contributed by atoms with Gasteiger partial charge in [0.05, 0.1) is 6.04 Å². The fourth-order valence-electron chi connectivity index (χ4n) is 4.24. The normalized spacial score (nSPS) is 14.6. The van der Waals surface area contributed by atoms with E-state index in [1.165, 1.54) is 11.1 Å². The SMILES string of the molecule is N#C/C(=C/N1CCN(C(c2ccccc2)c2ccccc2)CC1)C(=O)NCc1ccccc1Cl. The lowest BCUT2D eigenvalue weighted by Gasteiger charge is -2.39. The fourth-order valence-corrected chi connectivity index (χ4v) is 4.45. The molecule has 1 amide bonds. The quantitative estimate of drug-likeness (QED) is 0.399. The Morgan fingerprint density at radius 2 is 1.47 bits per heavy atom. The van der Waals surface area contributed by atoms with Crippen LogP contribution < -0.4 is 5.32 Å². The van der Waals surface area contributed by atoms with Crippen molar-refractivity contribution in [2.75, 3.05) is 26.2 Å². The second-order valence-corrected chi connectivity index (χ2v) is 8.63. The summed E-state index contributed by atoms with van der Waals surface area (Å²) in [7, 11) is 0. The van der Waals surface area contributed by atoms with Gasteiger partial charge in [-0.05, 0) is 22.8 Å². The minimum Gasteiger partial charge on any atom is -0.374 e. The summed E-state index contributed by atoms with van der Waals surface area (Å²) in [5, 5.41) is 13.0. The fraction of sp³-hybridized carbons (Fsp3) is 0.214. The average Bonchev–Trinajstić information content (AvgIpc) is 2.89. The lowest BCUT2D eigenvalue weighted by atomic mass is 9.96. The molecule has 5 nitrogen and oxygen atoms in total. The number of benzene rings is 3. The van der Waals surface area contributed by atoms with Gasteiger partial charge in [0.15, 0.2) is 0 Å². The minimum atomic E-state index is -0.392. The Bertz CT molecular complexity index is 1130. The third-order valence-electron chi connectivity index (χ3n) is 6.02. The molecule has 0 aromatic heterocycles. The lowest BCUT2D eigenvalue weighted by molar-refractivity contribution is -0.117. The molecule has 0 saturated carbocycles. The van der Waals surface area contributed by atoms with Gasteiger partial charge in [-0.2, -0.15) is 5.26 Å². The highest BCUT2D eigenvalue weighted by Crippen LogP contribution is 2.29. The first-order valence-electron chi connectivity index (χ1n) is 11.4. The van der Waals surface area contributed by atoms with Crippen LogP contribution in [0.2, 0.25) is 5.02 Å². The molecule has 3 aromatic carbocycles. The van der Waals surface area contributed by atoms with Gasteiger partial charge in [0.2, 0.25) is 0 Å². The highest BCUT2D eigenvalue weighted by Gasteiger charge is 2.26. The van der Waals surface area contributed by atoms with E-state index in [1.807, 2.05) is 36.4 Å². The molecule has 1 N–H and O–H groups in total. The molecule has 172 valence electrons.